The largest absolute Gasteiger partial charge is 0.383 e. The Bertz CT molecular complexity index is 1490. The standard InChI is InChI=1S/C26H24Cl4N4O5/c1-36-26(35)22(38-11-15-3-5-17(28)9-20(15)30)21(12-37-10-14-2-4-16(27)8-19(14)29)39-25(26)34-7-6-18-23(31)32-13-33-24(18)34/h2-9,13,21-22,25,35H,10-12H2,1H3,(H2,31,32,33)/t21-,22-,25-,26-/m1/s1. The fourth-order valence-corrected chi connectivity index (χ4v) is 5.42. The molecule has 39 heavy (non-hydrogen) atoms. The van der Waals surface area contributed by atoms with Gasteiger partial charge in [0.2, 0.25) is 5.79 Å². The molecule has 3 N–H and O–H groups in total. The minimum Gasteiger partial charge on any atom is -0.383 e. The maximum absolute atomic E-state index is 11.9. The van der Waals surface area contributed by atoms with E-state index in [-0.39, 0.29) is 19.8 Å². The lowest BCUT2D eigenvalue weighted by molar-refractivity contribution is -0.273. The van der Waals surface area contributed by atoms with Gasteiger partial charge in [0.25, 0.3) is 0 Å². The average molecular weight is 614 g/mol. The van der Waals surface area contributed by atoms with Crippen LogP contribution < -0.4 is 5.73 Å². The van der Waals surface area contributed by atoms with E-state index in [0.717, 1.165) is 5.56 Å². The fourth-order valence-electron chi connectivity index (χ4n) is 4.50. The molecule has 1 aliphatic rings. The number of hydrogen-bond acceptors (Lipinski definition) is 8. The van der Waals surface area contributed by atoms with Crippen molar-refractivity contribution in [1.29, 1.82) is 0 Å². The Balaban J connectivity index is 1.43. The number of ether oxygens (including phenoxy) is 4. The van der Waals surface area contributed by atoms with E-state index in [0.29, 0.717) is 42.5 Å². The second kappa shape index (κ2) is 11.7. The maximum atomic E-state index is 11.9. The number of nitrogens with zero attached hydrogens (tertiary/aromatic N) is 3. The molecular formula is C26H24Cl4N4O5. The highest BCUT2D eigenvalue weighted by Gasteiger charge is 2.59. The van der Waals surface area contributed by atoms with Gasteiger partial charge >= 0.3 is 0 Å². The van der Waals surface area contributed by atoms with Gasteiger partial charge in [0.05, 0.1) is 25.2 Å². The van der Waals surface area contributed by atoms with E-state index in [1.165, 1.54) is 13.4 Å². The molecule has 1 saturated heterocycles. The molecule has 9 nitrogen and oxygen atoms in total. The number of fused-ring (bicyclic) bond motifs is 1. The van der Waals surface area contributed by atoms with Gasteiger partial charge in [0.1, 0.15) is 30.0 Å². The Morgan fingerprint density at radius 2 is 1.67 bits per heavy atom. The molecule has 0 spiro atoms. The average Bonchev–Trinajstić information content (AvgIpc) is 3.45. The van der Waals surface area contributed by atoms with Crippen LogP contribution in [0.2, 0.25) is 20.1 Å². The zero-order valence-corrected chi connectivity index (χ0v) is 23.6. The van der Waals surface area contributed by atoms with Gasteiger partial charge in [-0.1, -0.05) is 58.5 Å². The zero-order valence-electron chi connectivity index (χ0n) is 20.6. The molecule has 0 aliphatic carbocycles. The minimum atomic E-state index is -1.95. The molecule has 1 aliphatic heterocycles. The summed E-state index contributed by atoms with van der Waals surface area (Å²) in [5.41, 5.74) is 7.88. The number of benzene rings is 2. The van der Waals surface area contributed by atoms with Gasteiger partial charge in [-0.2, -0.15) is 0 Å². The van der Waals surface area contributed by atoms with Crippen LogP contribution in [-0.2, 0) is 32.2 Å². The molecule has 0 bridgehead atoms. The van der Waals surface area contributed by atoms with Crippen molar-refractivity contribution in [3.63, 3.8) is 0 Å². The van der Waals surface area contributed by atoms with Crippen molar-refractivity contribution < 1.29 is 24.1 Å². The number of methoxy groups -OCH3 is 1. The first-order valence-corrected chi connectivity index (χ1v) is 13.3. The van der Waals surface area contributed by atoms with Crippen molar-refractivity contribution >= 4 is 63.3 Å². The predicted octanol–water partition coefficient (Wildman–Crippen LogP) is 5.66. The Kier molecular flexibility index (Phi) is 8.54. The summed E-state index contributed by atoms with van der Waals surface area (Å²) in [5, 5.41) is 14.4. The highest BCUT2D eigenvalue weighted by Crippen LogP contribution is 2.43. The Morgan fingerprint density at radius 1 is 1.00 bits per heavy atom. The lowest BCUT2D eigenvalue weighted by Crippen LogP contribution is -2.50. The van der Waals surface area contributed by atoms with E-state index in [9.17, 15) is 5.11 Å². The minimum absolute atomic E-state index is 0.0382. The van der Waals surface area contributed by atoms with Crippen molar-refractivity contribution in [1.82, 2.24) is 14.5 Å². The Morgan fingerprint density at radius 3 is 2.31 bits per heavy atom. The van der Waals surface area contributed by atoms with E-state index in [4.69, 9.17) is 71.1 Å². The molecule has 0 unspecified atom stereocenters. The predicted molar refractivity (Wildman–Crippen MR) is 149 cm³/mol. The third kappa shape index (κ3) is 5.69. The highest BCUT2D eigenvalue weighted by molar-refractivity contribution is 6.35. The summed E-state index contributed by atoms with van der Waals surface area (Å²) < 4.78 is 25.8. The third-order valence-electron chi connectivity index (χ3n) is 6.51. The first kappa shape index (κ1) is 28.4. The number of hydrogen-bond donors (Lipinski definition) is 2. The number of nitrogens with two attached hydrogens (primary N) is 1. The van der Waals surface area contributed by atoms with E-state index in [1.807, 2.05) is 0 Å². The quantitative estimate of drug-likeness (QED) is 0.232. The van der Waals surface area contributed by atoms with Crippen LogP contribution in [0.5, 0.6) is 0 Å². The van der Waals surface area contributed by atoms with Crippen molar-refractivity contribution in [2.24, 2.45) is 0 Å². The van der Waals surface area contributed by atoms with E-state index in [1.54, 1.807) is 53.2 Å². The number of aliphatic hydroxyl groups is 1. The molecule has 206 valence electrons. The summed E-state index contributed by atoms with van der Waals surface area (Å²) >= 11 is 24.7. The van der Waals surface area contributed by atoms with Gasteiger partial charge in [-0.25, -0.2) is 9.97 Å². The van der Waals surface area contributed by atoms with Gasteiger partial charge in [-0.3, -0.25) is 0 Å². The summed E-state index contributed by atoms with van der Waals surface area (Å²) in [6.07, 6.45) is 0.189. The summed E-state index contributed by atoms with van der Waals surface area (Å²) in [6, 6.07) is 11.9. The lowest BCUT2D eigenvalue weighted by Gasteiger charge is -2.32. The van der Waals surface area contributed by atoms with Crippen LogP contribution in [0.1, 0.15) is 17.4 Å². The number of halogens is 4. The molecule has 5 rings (SSSR count). The van der Waals surface area contributed by atoms with Crippen LogP contribution in [0.4, 0.5) is 5.82 Å². The summed E-state index contributed by atoms with van der Waals surface area (Å²) in [6.45, 7) is 0.262. The monoisotopic (exact) mass is 612 g/mol. The lowest BCUT2D eigenvalue weighted by atomic mass is 10.1. The van der Waals surface area contributed by atoms with Crippen LogP contribution in [0.3, 0.4) is 0 Å². The normalized spacial score (nSPS) is 23.1. The van der Waals surface area contributed by atoms with E-state index >= 15 is 0 Å². The molecule has 2 aromatic heterocycles. The number of nitrogen functional groups attached to an aromatic ring is 1. The molecule has 4 aromatic rings. The molecule has 1 fully saturated rings. The summed E-state index contributed by atoms with van der Waals surface area (Å²) in [7, 11) is 1.37. The van der Waals surface area contributed by atoms with Gasteiger partial charge in [-0.05, 0) is 41.5 Å². The fraction of sp³-hybridized carbons (Fsp3) is 0.308. The van der Waals surface area contributed by atoms with Crippen molar-refractivity contribution in [3.8, 4) is 0 Å². The van der Waals surface area contributed by atoms with Crippen molar-refractivity contribution in [2.75, 3.05) is 19.5 Å². The van der Waals surface area contributed by atoms with Gasteiger partial charge in [0.15, 0.2) is 6.23 Å². The van der Waals surface area contributed by atoms with E-state index in [2.05, 4.69) is 9.97 Å². The van der Waals surface area contributed by atoms with Gasteiger partial charge < -0.3 is 34.4 Å². The Hall–Kier alpha value is -2.18. The number of anilines is 1. The van der Waals surface area contributed by atoms with Crippen LogP contribution >= 0.6 is 46.4 Å². The van der Waals surface area contributed by atoms with Crippen LogP contribution in [0, 0.1) is 0 Å². The van der Waals surface area contributed by atoms with Crippen LogP contribution in [0.15, 0.2) is 55.0 Å². The second-order valence-electron chi connectivity index (χ2n) is 8.92. The molecule has 2 aromatic carbocycles. The smallest absolute Gasteiger partial charge is 0.241 e. The molecular weight excluding hydrogens is 590 g/mol. The topological polar surface area (TPSA) is 114 Å². The van der Waals surface area contributed by atoms with Gasteiger partial charge in [0, 0.05) is 33.4 Å². The molecule has 0 amide bonds. The third-order valence-corrected chi connectivity index (χ3v) is 7.68. The van der Waals surface area contributed by atoms with Gasteiger partial charge in [-0.15, -0.1) is 0 Å². The second-order valence-corrected chi connectivity index (χ2v) is 10.6. The van der Waals surface area contributed by atoms with Crippen LogP contribution in [-0.4, -0.2) is 51.4 Å². The number of aromatic nitrogens is 3. The maximum Gasteiger partial charge on any atom is 0.241 e. The molecule has 4 atom stereocenters. The first-order chi connectivity index (χ1) is 18.7. The summed E-state index contributed by atoms with van der Waals surface area (Å²) in [4.78, 5) is 8.35. The van der Waals surface area contributed by atoms with E-state index < -0.39 is 24.2 Å². The first-order valence-electron chi connectivity index (χ1n) is 11.8. The SMILES string of the molecule is CO[C@]1(O)[C@H](OCc2ccc(Cl)cc2Cl)[C@@H](COCc2ccc(Cl)cc2Cl)O[C@H]1n1ccc2c(N)ncnc21. The molecule has 0 radical (unpaired) electrons. The molecule has 3 heterocycles. The number of rotatable bonds is 9. The zero-order chi connectivity index (χ0) is 27.7. The highest BCUT2D eigenvalue weighted by atomic mass is 35.5. The van der Waals surface area contributed by atoms with Crippen LogP contribution in [0.25, 0.3) is 11.0 Å². The summed E-state index contributed by atoms with van der Waals surface area (Å²) in [5.74, 6) is -1.65. The molecule has 0 saturated carbocycles. The van der Waals surface area contributed by atoms with Crippen molar-refractivity contribution in [2.45, 2.75) is 37.4 Å². The molecule has 13 heteroatoms. The Labute approximate surface area is 244 Å². The van der Waals surface area contributed by atoms with Crippen molar-refractivity contribution in [3.05, 3.63) is 86.2 Å².